The predicted octanol–water partition coefficient (Wildman–Crippen LogP) is 2.06. The third kappa shape index (κ3) is 6.12. The summed E-state index contributed by atoms with van der Waals surface area (Å²) in [5.41, 5.74) is 0.797. The first-order valence-corrected chi connectivity index (χ1v) is 14.0. The van der Waals surface area contributed by atoms with Gasteiger partial charge in [0.15, 0.2) is 5.76 Å². The Bertz CT molecular complexity index is 1190. The summed E-state index contributed by atoms with van der Waals surface area (Å²) >= 11 is 0. The molecule has 0 aliphatic heterocycles. The number of rotatable bonds is 10. The maximum atomic E-state index is 13.2. The lowest BCUT2D eigenvalue weighted by Crippen LogP contribution is -3.00. The Labute approximate surface area is 224 Å². The molecular formula is C30H30ClO5P. The molecule has 1 aromatic heterocycles. The van der Waals surface area contributed by atoms with E-state index in [0.29, 0.717) is 23.0 Å². The third-order valence-electron chi connectivity index (χ3n) is 6.03. The predicted molar refractivity (Wildman–Crippen MR) is 144 cm³/mol. The van der Waals surface area contributed by atoms with E-state index in [9.17, 15) is 9.59 Å². The molecule has 7 heteroatoms. The number of ether oxygens (including phenoxy) is 2. The van der Waals surface area contributed by atoms with Crippen molar-refractivity contribution >= 4 is 35.1 Å². The van der Waals surface area contributed by atoms with Gasteiger partial charge in [0.1, 0.15) is 34.9 Å². The number of hydrogen-bond donors (Lipinski definition) is 0. The lowest BCUT2D eigenvalue weighted by molar-refractivity contribution is -0.142. The summed E-state index contributed by atoms with van der Waals surface area (Å²) in [6.07, 6.45) is 1.90. The van der Waals surface area contributed by atoms with Crippen LogP contribution in [0.1, 0.15) is 35.5 Å². The summed E-state index contributed by atoms with van der Waals surface area (Å²) in [6, 6.07) is 31.1. The minimum Gasteiger partial charge on any atom is -1.00 e. The van der Waals surface area contributed by atoms with Gasteiger partial charge in [-0.3, -0.25) is 4.79 Å². The molecule has 0 bridgehead atoms. The Morgan fingerprint density at radius 2 is 1.19 bits per heavy atom. The second-order valence-corrected chi connectivity index (χ2v) is 11.7. The summed E-state index contributed by atoms with van der Waals surface area (Å²) in [5.74, 6) is -0.392. The van der Waals surface area contributed by atoms with Gasteiger partial charge >= 0.3 is 11.9 Å². The van der Waals surface area contributed by atoms with Crippen LogP contribution in [0.15, 0.2) is 102 Å². The van der Waals surface area contributed by atoms with E-state index < -0.39 is 19.2 Å². The van der Waals surface area contributed by atoms with Gasteiger partial charge in [0.05, 0.1) is 25.9 Å². The zero-order chi connectivity index (χ0) is 25.4. The van der Waals surface area contributed by atoms with Gasteiger partial charge in [-0.15, -0.1) is 0 Å². The van der Waals surface area contributed by atoms with Crippen molar-refractivity contribution in [3.05, 3.63) is 114 Å². The minimum atomic E-state index is -2.31. The van der Waals surface area contributed by atoms with Gasteiger partial charge in [-0.1, -0.05) is 54.6 Å². The van der Waals surface area contributed by atoms with Gasteiger partial charge in [0.2, 0.25) is 0 Å². The van der Waals surface area contributed by atoms with Crippen molar-refractivity contribution in [2.75, 3.05) is 13.2 Å². The van der Waals surface area contributed by atoms with Gasteiger partial charge < -0.3 is 26.3 Å². The van der Waals surface area contributed by atoms with Crippen LogP contribution in [-0.2, 0) is 26.9 Å². The number of benzene rings is 3. The lowest BCUT2D eigenvalue weighted by atomic mass is 10.1. The van der Waals surface area contributed by atoms with Crippen molar-refractivity contribution in [3.63, 3.8) is 0 Å². The van der Waals surface area contributed by atoms with Crippen LogP contribution in [0.25, 0.3) is 0 Å². The molecular weight excluding hydrogens is 507 g/mol. The Morgan fingerprint density at radius 1 is 0.730 bits per heavy atom. The van der Waals surface area contributed by atoms with Crippen LogP contribution < -0.4 is 28.3 Å². The van der Waals surface area contributed by atoms with Crippen molar-refractivity contribution in [1.82, 2.24) is 0 Å². The van der Waals surface area contributed by atoms with Crippen LogP contribution in [0.3, 0.4) is 0 Å². The molecule has 1 heterocycles. The van der Waals surface area contributed by atoms with Crippen molar-refractivity contribution in [1.29, 1.82) is 0 Å². The average Bonchev–Trinajstić information content (AvgIpc) is 3.30. The molecule has 0 unspecified atom stereocenters. The second kappa shape index (κ2) is 13.2. The number of furan rings is 1. The largest absolute Gasteiger partial charge is 1.00 e. The van der Waals surface area contributed by atoms with Gasteiger partial charge in [-0.25, -0.2) is 4.79 Å². The first-order chi connectivity index (χ1) is 17.6. The van der Waals surface area contributed by atoms with Crippen LogP contribution in [0.5, 0.6) is 0 Å². The zero-order valence-electron chi connectivity index (χ0n) is 20.9. The summed E-state index contributed by atoms with van der Waals surface area (Å²) in [5, 5.41) is 3.50. The minimum absolute atomic E-state index is 0. The van der Waals surface area contributed by atoms with Crippen LogP contribution in [0, 0.1) is 0 Å². The highest BCUT2D eigenvalue weighted by Crippen LogP contribution is 2.58. The lowest BCUT2D eigenvalue weighted by Gasteiger charge is -2.27. The van der Waals surface area contributed by atoms with Crippen molar-refractivity contribution < 1.29 is 35.9 Å². The van der Waals surface area contributed by atoms with E-state index in [2.05, 4.69) is 36.4 Å². The Hall–Kier alpha value is -3.40. The Balaban J connectivity index is 0.00000380. The number of carbonyl (C=O) groups excluding carboxylic acids is 2. The maximum Gasteiger partial charge on any atom is 0.342 e. The molecule has 4 aromatic rings. The highest BCUT2D eigenvalue weighted by molar-refractivity contribution is 7.95. The average molecular weight is 537 g/mol. The molecule has 0 saturated carbocycles. The number of esters is 2. The fourth-order valence-electron chi connectivity index (χ4n) is 4.49. The van der Waals surface area contributed by atoms with E-state index >= 15 is 0 Å². The van der Waals surface area contributed by atoms with Crippen molar-refractivity contribution in [2.24, 2.45) is 0 Å². The molecule has 0 aliphatic carbocycles. The third-order valence-corrected chi connectivity index (χ3v) is 10.3. The van der Waals surface area contributed by atoms with Gasteiger partial charge in [-0.2, -0.15) is 0 Å². The molecule has 0 atom stereocenters. The summed E-state index contributed by atoms with van der Waals surface area (Å²) < 4.78 is 16.6. The quantitative estimate of drug-likeness (QED) is 0.229. The number of halogens is 1. The van der Waals surface area contributed by atoms with E-state index in [4.69, 9.17) is 13.9 Å². The topological polar surface area (TPSA) is 65.7 Å². The maximum absolute atomic E-state index is 13.2. The van der Waals surface area contributed by atoms with Crippen LogP contribution in [-0.4, -0.2) is 25.2 Å². The molecule has 0 spiro atoms. The summed E-state index contributed by atoms with van der Waals surface area (Å²) in [4.78, 5) is 25.5. The number of carbonyl (C=O) groups is 2. The summed E-state index contributed by atoms with van der Waals surface area (Å²) in [6.45, 7) is 4.00. The zero-order valence-corrected chi connectivity index (χ0v) is 22.6. The Kier molecular flexibility index (Phi) is 10.1. The van der Waals surface area contributed by atoms with Crippen LogP contribution >= 0.6 is 7.26 Å². The van der Waals surface area contributed by atoms with Gasteiger partial charge in [0, 0.05) is 5.56 Å². The SMILES string of the molecule is CCOC(=O)Cc1coc(C[P+](c2ccccc2)(c2ccccc2)c2ccccc2)c1C(=O)OCC.[Cl-]. The van der Waals surface area contributed by atoms with E-state index in [0.717, 1.165) is 0 Å². The molecule has 0 amide bonds. The standard InChI is InChI=1S/C30H30O5P.ClH/c1-3-33-28(31)20-23-21-35-27(29(23)30(32)34-4-2)22-36(24-14-8-5-9-15-24,25-16-10-6-11-17-25)26-18-12-7-13-19-26;/h5-19,21H,3-4,20,22H2,1-2H3;1H/q+1;/p-1. The van der Waals surface area contributed by atoms with Gasteiger partial charge in [-0.05, 0) is 50.2 Å². The molecule has 0 aliphatic rings. The molecule has 3 aromatic carbocycles. The van der Waals surface area contributed by atoms with Crippen molar-refractivity contribution in [3.8, 4) is 0 Å². The molecule has 5 nitrogen and oxygen atoms in total. The van der Waals surface area contributed by atoms with E-state index in [1.165, 1.54) is 22.2 Å². The first-order valence-electron chi connectivity index (χ1n) is 12.1. The monoisotopic (exact) mass is 536 g/mol. The molecule has 0 N–H and O–H groups in total. The number of hydrogen-bond acceptors (Lipinski definition) is 5. The fraction of sp³-hybridized carbons (Fsp3) is 0.200. The van der Waals surface area contributed by atoms with Crippen molar-refractivity contribution in [2.45, 2.75) is 26.4 Å². The smallest absolute Gasteiger partial charge is 0.342 e. The van der Waals surface area contributed by atoms with E-state index in [1.807, 2.05) is 54.6 Å². The molecule has 4 rings (SSSR count). The Morgan fingerprint density at radius 3 is 1.62 bits per heavy atom. The van der Waals surface area contributed by atoms with E-state index in [1.54, 1.807) is 13.8 Å². The molecule has 0 saturated heterocycles. The fourth-order valence-corrected chi connectivity index (χ4v) is 8.63. The molecule has 192 valence electrons. The first kappa shape index (κ1) is 28.2. The van der Waals surface area contributed by atoms with Crippen LogP contribution in [0.2, 0.25) is 0 Å². The van der Waals surface area contributed by atoms with E-state index in [-0.39, 0.29) is 32.0 Å². The molecule has 0 radical (unpaired) electrons. The summed E-state index contributed by atoms with van der Waals surface area (Å²) in [7, 11) is -2.31. The highest BCUT2D eigenvalue weighted by atomic mass is 35.5. The molecule has 0 fully saturated rings. The normalized spacial score (nSPS) is 10.9. The van der Waals surface area contributed by atoms with Gasteiger partial charge in [0.25, 0.3) is 0 Å². The molecule has 37 heavy (non-hydrogen) atoms. The van der Waals surface area contributed by atoms with Crippen LogP contribution in [0.4, 0.5) is 0 Å². The second-order valence-electron chi connectivity index (χ2n) is 8.24. The highest BCUT2D eigenvalue weighted by Gasteiger charge is 2.47.